The van der Waals surface area contributed by atoms with Crippen molar-refractivity contribution in [2.45, 2.75) is 19.8 Å². The van der Waals surface area contributed by atoms with Gasteiger partial charge in [-0.25, -0.2) is 4.79 Å². The molecule has 1 aromatic carbocycles. The van der Waals surface area contributed by atoms with Gasteiger partial charge in [-0.2, -0.15) is 0 Å². The Bertz CT molecular complexity index is 456. The SMILES string of the molecule is CCc1c2c(cc(Cl)c1C(=O)O)OCCCO2. The van der Waals surface area contributed by atoms with Gasteiger partial charge in [0.05, 0.1) is 23.8 Å². The average Bonchev–Trinajstić information content (AvgIpc) is 2.51. The molecule has 0 fully saturated rings. The number of halogens is 1. The molecule has 1 aliphatic rings. The molecular formula is C12H13ClO4. The molecular weight excluding hydrogens is 244 g/mol. The molecule has 0 aromatic heterocycles. The maximum atomic E-state index is 11.2. The van der Waals surface area contributed by atoms with Gasteiger partial charge in [0.25, 0.3) is 0 Å². The van der Waals surface area contributed by atoms with E-state index < -0.39 is 5.97 Å². The number of carboxylic acid groups (broad SMARTS) is 1. The fourth-order valence-electron chi connectivity index (χ4n) is 1.91. The van der Waals surface area contributed by atoms with Gasteiger partial charge in [0.1, 0.15) is 0 Å². The molecule has 0 aliphatic carbocycles. The Hall–Kier alpha value is -1.42. The van der Waals surface area contributed by atoms with E-state index in [-0.39, 0.29) is 10.6 Å². The minimum Gasteiger partial charge on any atom is -0.489 e. The molecule has 0 atom stereocenters. The minimum absolute atomic E-state index is 0.110. The summed E-state index contributed by atoms with van der Waals surface area (Å²) in [5.74, 6) is 0.0173. The number of benzene rings is 1. The van der Waals surface area contributed by atoms with Crippen molar-refractivity contribution in [1.29, 1.82) is 0 Å². The molecule has 0 radical (unpaired) electrons. The standard InChI is InChI=1S/C12H13ClO4/c1-2-7-10(12(14)15)8(13)6-9-11(7)17-5-3-4-16-9/h6H,2-5H2,1H3,(H,14,15). The van der Waals surface area contributed by atoms with Crippen LogP contribution < -0.4 is 9.47 Å². The van der Waals surface area contributed by atoms with E-state index in [1.54, 1.807) is 0 Å². The Morgan fingerprint density at radius 1 is 1.47 bits per heavy atom. The highest BCUT2D eigenvalue weighted by Crippen LogP contribution is 2.39. The first-order valence-corrected chi connectivity index (χ1v) is 5.87. The van der Waals surface area contributed by atoms with E-state index in [0.717, 1.165) is 6.42 Å². The lowest BCUT2D eigenvalue weighted by atomic mass is 10.0. The highest BCUT2D eigenvalue weighted by Gasteiger charge is 2.23. The molecule has 2 rings (SSSR count). The molecule has 1 N–H and O–H groups in total. The number of rotatable bonds is 2. The van der Waals surface area contributed by atoms with Crippen molar-refractivity contribution in [2.75, 3.05) is 13.2 Å². The largest absolute Gasteiger partial charge is 0.489 e. The van der Waals surface area contributed by atoms with Crippen LogP contribution in [-0.2, 0) is 6.42 Å². The van der Waals surface area contributed by atoms with Gasteiger partial charge in [0.2, 0.25) is 0 Å². The van der Waals surface area contributed by atoms with Gasteiger partial charge in [-0.1, -0.05) is 18.5 Å². The topological polar surface area (TPSA) is 55.8 Å². The van der Waals surface area contributed by atoms with E-state index in [9.17, 15) is 4.79 Å². The summed E-state index contributed by atoms with van der Waals surface area (Å²) >= 11 is 5.98. The van der Waals surface area contributed by atoms with Gasteiger partial charge < -0.3 is 14.6 Å². The van der Waals surface area contributed by atoms with Crippen LogP contribution in [0.3, 0.4) is 0 Å². The number of hydrogen-bond donors (Lipinski definition) is 1. The maximum Gasteiger partial charge on any atom is 0.337 e. The van der Waals surface area contributed by atoms with E-state index in [1.807, 2.05) is 6.92 Å². The maximum absolute atomic E-state index is 11.2. The lowest BCUT2D eigenvalue weighted by Gasteiger charge is -2.15. The van der Waals surface area contributed by atoms with Crippen LogP contribution in [0.4, 0.5) is 0 Å². The van der Waals surface area contributed by atoms with E-state index >= 15 is 0 Å². The fourth-order valence-corrected chi connectivity index (χ4v) is 2.20. The summed E-state index contributed by atoms with van der Waals surface area (Å²) in [5.41, 5.74) is 0.709. The van der Waals surface area contributed by atoms with Crippen LogP contribution in [0.25, 0.3) is 0 Å². The molecule has 17 heavy (non-hydrogen) atoms. The smallest absolute Gasteiger partial charge is 0.337 e. The van der Waals surface area contributed by atoms with Gasteiger partial charge in [-0.15, -0.1) is 0 Å². The number of ether oxygens (including phenoxy) is 2. The molecule has 1 heterocycles. The third-order valence-corrected chi connectivity index (χ3v) is 2.95. The van der Waals surface area contributed by atoms with Crippen molar-refractivity contribution in [3.8, 4) is 11.5 Å². The van der Waals surface area contributed by atoms with Gasteiger partial charge in [0, 0.05) is 18.1 Å². The van der Waals surface area contributed by atoms with Crippen LogP contribution in [0.15, 0.2) is 6.07 Å². The van der Waals surface area contributed by atoms with Gasteiger partial charge in [-0.05, 0) is 6.42 Å². The fraction of sp³-hybridized carbons (Fsp3) is 0.417. The van der Waals surface area contributed by atoms with Crippen LogP contribution in [0, 0.1) is 0 Å². The van der Waals surface area contributed by atoms with E-state index in [4.69, 9.17) is 26.2 Å². The summed E-state index contributed by atoms with van der Waals surface area (Å²) in [6.45, 7) is 2.95. The van der Waals surface area contributed by atoms with Crippen molar-refractivity contribution >= 4 is 17.6 Å². The Kier molecular flexibility index (Phi) is 3.43. The van der Waals surface area contributed by atoms with Crippen LogP contribution >= 0.6 is 11.6 Å². The monoisotopic (exact) mass is 256 g/mol. The zero-order chi connectivity index (χ0) is 12.4. The summed E-state index contributed by atoms with van der Waals surface area (Å²) in [4.78, 5) is 11.2. The van der Waals surface area contributed by atoms with Crippen LogP contribution in [0.5, 0.6) is 11.5 Å². The first kappa shape index (κ1) is 12.0. The molecule has 0 spiro atoms. The second-order valence-electron chi connectivity index (χ2n) is 3.75. The van der Waals surface area contributed by atoms with E-state index in [0.29, 0.717) is 36.7 Å². The first-order valence-electron chi connectivity index (χ1n) is 5.49. The lowest BCUT2D eigenvalue weighted by Crippen LogP contribution is -2.06. The normalized spacial score (nSPS) is 14.2. The molecule has 4 nitrogen and oxygen atoms in total. The number of fused-ring (bicyclic) bond motifs is 1. The molecule has 0 saturated carbocycles. The Balaban J connectivity index is 2.64. The van der Waals surface area contributed by atoms with Gasteiger partial charge in [-0.3, -0.25) is 0 Å². The first-order chi connectivity index (χ1) is 8.15. The molecule has 0 amide bonds. The van der Waals surface area contributed by atoms with Gasteiger partial charge in [0.15, 0.2) is 11.5 Å². The summed E-state index contributed by atoms with van der Waals surface area (Å²) in [7, 11) is 0. The van der Waals surface area contributed by atoms with Crippen molar-refractivity contribution < 1.29 is 19.4 Å². The minimum atomic E-state index is -1.04. The molecule has 1 aliphatic heterocycles. The number of hydrogen-bond acceptors (Lipinski definition) is 3. The van der Waals surface area contributed by atoms with Crippen molar-refractivity contribution in [3.05, 3.63) is 22.2 Å². The molecule has 0 bridgehead atoms. The molecule has 5 heteroatoms. The number of carboxylic acids is 1. The summed E-state index contributed by atoms with van der Waals surface area (Å²) < 4.78 is 11.1. The molecule has 0 unspecified atom stereocenters. The second-order valence-corrected chi connectivity index (χ2v) is 4.16. The van der Waals surface area contributed by atoms with Crippen molar-refractivity contribution in [1.82, 2.24) is 0 Å². The second kappa shape index (κ2) is 4.84. The zero-order valence-corrected chi connectivity index (χ0v) is 10.2. The predicted molar refractivity (Wildman–Crippen MR) is 63.4 cm³/mol. The zero-order valence-electron chi connectivity index (χ0n) is 9.46. The Labute approximate surface area is 104 Å². The highest BCUT2D eigenvalue weighted by molar-refractivity contribution is 6.34. The average molecular weight is 257 g/mol. The van der Waals surface area contributed by atoms with Crippen molar-refractivity contribution in [2.24, 2.45) is 0 Å². The Morgan fingerprint density at radius 2 is 2.18 bits per heavy atom. The molecule has 92 valence electrons. The van der Waals surface area contributed by atoms with E-state index in [2.05, 4.69) is 0 Å². The number of carbonyl (C=O) groups is 1. The van der Waals surface area contributed by atoms with Crippen LogP contribution in [0.1, 0.15) is 29.3 Å². The lowest BCUT2D eigenvalue weighted by molar-refractivity contribution is 0.0695. The van der Waals surface area contributed by atoms with Crippen LogP contribution in [0.2, 0.25) is 5.02 Å². The highest BCUT2D eigenvalue weighted by atomic mass is 35.5. The molecule has 0 saturated heterocycles. The third-order valence-electron chi connectivity index (χ3n) is 2.66. The van der Waals surface area contributed by atoms with Crippen LogP contribution in [-0.4, -0.2) is 24.3 Å². The summed E-state index contributed by atoms with van der Waals surface area (Å²) in [5, 5.41) is 9.36. The predicted octanol–water partition coefficient (Wildman–Crippen LogP) is 2.76. The quantitative estimate of drug-likeness (QED) is 0.884. The number of aromatic carboxylic acids is 1. The molecule has 1 aromatic rings. The summed E-state index contributed by atoms with van der Waals surface area (Å²) in [6.07, 6.45) is 1.31. The Morgan fingerprint density at radius 3 is 2.82 bits per heavy atom. The van der Waals surface area contributed by atoms with Crippen molar-refractivity contribution in [3.63, 3.8) is 0 Å². The third kappa shape index (κ3) is 2.17. The summed E-state index contributed by atoms with van der Waals surface area (Å²) in [6, 6.07) is 1.52. The van der Waals surface area contributed by atoms with E-state index in [1.165, 1.54) is 6.07 Å². The van der Waals surface area contributed by atoms with Gasteiger partial charge >= 0.3 is 5.97 Å².